The zero-order valence-corrected chi connectivity index (χ0v) is 9.56. The second kappa shape index (κ2) is 3.93. The Morgan fingerprint density at radius 3 is 2.69 bits per heavy atom. The first-order valence-electron chi connectivity index (χ1n) is 4.21. The molecule has 1 aromatic carbocycles. The summed E-state index contributed by atoms with van der Waals surface area (Å²) in [5.41, 5.74) is 0.140. The molecule has 2 N–H and O–H groups in total. The predicted octanol–water partition coefficient (Wildman–Crippen LogP) is 1.60. The van der Waals surface area contributed by atoms with Crippen LogP contribution < -0.4 is 5.14 Å². The Bertz CT molecular complexity index is 608. The van der Waals surface area contributed by atoms with Crippen LogP contribution in [0.4, 0.5) is 4.39 Å². The third-order valence-corrected chi connectivity index (χ3v) is 3.67. The van der Waals surface area contributed by atoms with Crippen molar-refractivity contribution in [3.8, 4) is 10.6 Å². The van der Waals surface area contributed by atoms with E-state index in [-0.39, 0.29) is 5.56 Å². The Morgan fingerprint density at radius 1 is 1.38 bits per heavy atom. The van der Waals surface area contributed by atoms with Gasteiger partial charge in [0.1, 0.15) is 9.90 Å². The van der Waals surface area contributed by atoms with E-state index in [0.29, 0.717) is 5.01 Å². The summed E-state index contributed by atoms with van der Waals surface area (Å²) in [5.74, 6) is -0.861. The van der Waals surface area contributed by atoms with Crippen molar-refractivity contribution in [2.45, 2.75) is 4.90 Å². The third kappa shape index (κ3) is 1.97. The van der Waals surface area contributed by atoms with Crippen LogP contribution in [0.5, 0.6) is 0 Å². The van der Waals surface area contributed by atoms with Crippen LogP contribution in [-0.2, 0) is 10.0 Å². The predicted molar refractivity (Wildman–Crippen MR) is 58.9 cm³/mol. The third-order valence-electron chi connectivity index (χ3n) is 1.93. The lowest BCUT2D eigenvalue weighted by molar-refractivity contribution is 0.570. The van der Waals surface area contributed by atoms with Gasteiger partial charge in [-0.05, 0) is 12.1 Å². The molecule has 84 valence electrons. The molecule has 4 nitrogen and oxygen atoms in total. The van der Waals surface area contributed by atoms with Gasteiger partial charge in [-0.3, -0.25) is 0 Å². The van der Waals surface area contributed by atoms with Gasteiger partial charge in [0.05, 0.1) is 0 Å². The number of nitrogens with two attached hydrogens (primary N) is 1. The normalized spacial score (nSPS) is 11.6. The zero-order chi connectivity index (χ0) is 11.8. The minimum absolute atomic E-state index is 0.140. The van der Waals surface area contributed by atoms with Crippen molar-refractivity contribution >= 4 is 21.4 Å². The average Bonchev–Trinajstić information content (AvgIpc) is 2.69. The lowest BCUT2D eigenvalue weighted by Gasteiger charge is -2.03. The minimum Gasteiger partial charge on any atom is -0.244 e. The van der Waals surface area contributed by atoms with E-state index in [1.54, 1.807) is 5.38 Å². The van der Waals surface area contributed by atoms with Crippen LogP contribution in [0.3, 0.4) is 0 Å². The largest absolute Gasteiger partial charge is 0.244 e. The van der Waals surface area contributed by atoms with E-state index < -0.39 is 20.7 Å². The first kappa shape index (κ1) is 11.2. The van der Waals surface area contributed by atoms with Gasteiger partial charge in [0, 0.05) is 17.1 Å². The molecule has 0 spiro atoms. The highest BCUT2D eigenvalue weighted by Crippen LogP contribution is 2.27. The number of aromatic nitrogens is 1. The molecule has 1 heterocycles. The number of primary sulfonamides is 1. The smallest absolute Gasteiger partial charge is 0.240 e. The SMILES string of the molecule is NS(=O)(=O)c1cccc(-c2nccs2)c1F. The van der Waals surface area contributed by atoms with Gasteiger partial charge in [-0.1, -0.05) is 6.07 Å². The molecule has 16 heavy (non-hydrogen) atoms. The lowest BCUT2D eigenvalue weighted by Crippen LogP contribution is -2.14. The summed E-state index contributed by atoms with van der Waals surface area (Å²) >= 11 is 1.22. The molecular formula is C9H7FN2O2S2. The molecule has 1 aromatic heterocycles. The topological polar surface area (TPSA) is 73.1 Å². The second-order valence-electron chi connectivity index (χ2n) is 3.00. The fourth-order valence-corrected chi connectivity index (χ4v) is 2.54. The summed E-state index contributed by atoms with van der Waals surface area (Å²) in [6.07, 6.45) is 1.52. The highest BCUT2D eigenvalue weighted by Gasteiger charge is 2.18. The Kier molecular flexibility index (Phi) is 2.75. The van der Waals surface area contributed by atoms with E-state index in [9.17, 15) is 12.8 Å². The zero-order valence-electron chi connectivity index (χ0n) is 7.92. The molecule has 0 radical (unpaired) electrons. The van der Waals surface area contributed by atoms with E-state index in [1.807, 2.05) is 0 Å². The lowest BCUT2D eigenvalue weighted by atomic mass is 10.2. The van der Waals surface area contributed by atoms with Gasteiger partial charge in [0.25, 0.3) is 0 Å². The van der Waals surface area contributed by atoms with Crippen molar-refractivity contribution in [1.29, 1.82) is 0 Å². The average molecular weight is 258 g/mol. The monoisotopic (exact) mass is 258 g/mol. The maximum Gasteiger partial charge on any atom is 0.240 e. The van der Waals surface area contributed by atoms with E-state index in [2.05, 4.69) is 4.98 Å². The summed E-state index contributed by atoms with van der Waals surface area (Å²) in [6.45, 7) is 0. The van der Waals surface area contributed by atoms with Gasteiger partial charge < -0.3 is 0 Å². The summed E-state index contributed by atoms with van der Waals surface area (Å²) in [6, 6.07) is 4.02. The fourth-order valence-electron chi connectivity index (χ4n) is 1.25. The fraction of sp³-hybridized carbons (Fsp3) is 0. The molecule has 0 bridgehead atoms. The van der Waals surface area contributed by atoms with E-state index in [0.717, 1.165) is 6.07 Å². The number of hydrogen-bond donors (Lipinski definition) is 1. The Balaban J connectivity index is 2.67. The maximum absolute atomic E-state index is 13.8. The highest BCUT2D eigenvalue weighted by atomic mass is 32.2. The number of rotatable bonds is 2. The highest BCUT2D eigenvalue weighted by molar-refractivity contribution is 7.89. The van der Waals surface area contributed by atoms with Gasteiger partial charge >= 0.3 is 0 Å². The number of halogens is 1. The van der Waals surface area contributed by atoms with Gasteiger partial charge in [0.15, 0.2) is 5.82 Å². The van der Waals surface area contributed by atoms with Crippen LogP contribution in [0.2, 0.25) is 0 Å². The molecular weight excluding hydrogens is 251 g/mol. The van der Waals surface area contributed by atoms with E-state index in [4.69, 9.17) is 5.14 Å². The molecule has 0 unspecified atom stereocenters. The Hall–Kier alpha value is -1.31. The number of sulfonamides is 1. The Labute approximate surface area is 95.6 Å². The van der Waals surface area contributed by atoms with Crippen molar-refractivity contribution < 1.29 is 12.8 Å². The van der Waals surface area contributed by atoms with Crippen LogP contribution in [-0.4, -0.2) is 13.4 Å². The van der Waals surface area contributed by atoms with Crippen molar-refractivity contribution in [3.05, 3.63) is 35.6 Å². The van der Waals surface area contributed by atoms with Crippen molar-refractivity contribution in [2.24, 2.45) is 5.14 Å². The van der Waals surface area contributed by atoms with Gasteiger partial charge in [-0.25, -0.2) is 22.9 Å². The summed E-state index contributed by atoms with van der Waals surface area (Å²) in [5, 5.41) is 6.99. The quantitative estimate of drug-likeness (QED) is 0.889. The minimum atomic E-state index is -4.05. The van der Waals surface area contributed by atoms with Crippen LogP contribution in [0.15, 0.2) is 34.7 Å². The van der Waals surface area contributed by atoms with E-state index in [1.165, 1.54) is 29.7 Å². The molecule has 0 fully saturated rings. The maximum atomic E-state index is 13.8. The molecule has 0 saturated carbocycles. The molecule has 0 aliphatic heterocycles. The molecule has 7 heteroatoms. The number of hydrogen-bond acceptors (Lipinski definition) is 4. The molecule has 0 saturated heterocycles. The summed E-state index contributed by atoms with van der Waals surface area (Å²) in [4.78, 5) is 3.40. The number of thiazole rings is 1. The Morgan fingerprint density at radius 2 is 2.12 bits per heavy atom. The van der Waals surface area contributed by atoms with Gasteiger partial charge in [0.2, 0.25) is 10.0 Å². The van der Waals surface area contributed by atoms with Crippen molar-refractivity contribution in [1.82, 2.24) is 4.98 Å². The van der Waals surface area contributed by atoms with Crippen LogP contribution in [0.1, 0.15) is 0 Å². The molecule has 2 rings (SSSR count). The number of nitrogens with zero attached hydrogens (tertiary/aromatic N) is 1. The molecule has 0 aliphatic rings. The van der Waals surface area contributed by atoms with Crippen molar-refractivity contribution in [3.63, 3.8) is 0 Å². The van der Waals surface area contributed by atoms with Gasteiger partial charge in [-0.15, -0.1) is 11.3 Å². The van der Waals surface area contributed by atoms with Crippen LogP contribution in [0, 0.1) is 5.82 Å². The molecule has 0 amide bonds. The second-order valence-corrected chi connectivity index (χ2v) is 5.42. The van der Waals surface area contributed by atoms with Gasteiger partial charge in [-0.2, -0.15) is 0 Å². The first-order chi connectivity index (χ1) is 7.50. The summed E-state index contributed by atoms with van der Waals surface area (Å²) in [7, 11) is -4.05. The standard InChI is InChI=1S/C9H7FN2O2S2/c10-8-6(9-12-4-5-15-9)2-1-3-7(8)16(11,13)14/h1-5H,(H2,11,13,14). The van der Waals surface area contributed by atoms with E-state index >= 15 is 0 Å². The van der Waals surface area contributed by atoms with Crippen molar-refractivity contribution in [2.75, 3.05) is 0 Å². The first-order valence-corrected chi connectivity index (χ1v) is 6.64. The molecule has 0 atom stereocenters. The van der Waals surface area contributed by atoms with Crippen LogP contribution in [0.25, 0.3) is 10.6 Å². The number of benzene rings is 1. The molecule has 2 aromatic rings. The molecule has 0 aliphatic carbocycles. The summed E-state index contributed by atoms with van der Waals surface area (Å²) < 4.78 is 36.0. The van der Waals surface area contributed by atoms with Crippen LogP contribution >= 0.6 is 11.3 Å².